The average molecular weight is 310 g/mol. The van der Waals surface area contributed by atoms with E-state index >= 15 is 0 Å². The zero-order valence-corrected chi connectivity index (χ0v) is 13.6. The van der Waals surface area contributed by atoms with Crippen LogP contribution >= 0.6 is 11.3 Å². The van der Waals surface area contributed by atoms with Crippen molar-refractivity contribution in [2.75, 3.05) is 32.8 Å². The summed E-state index contributed by atoms with van der Waals surface area (Å²) in [6, 6.07) is 3.71. The van der Waals surface area contributed by atoms with E-state index in [2.05, 4.69) is 0 Å². The van der Waals surface area contributed by atoms with Crippen molar-refractivity contribution in [2.24, 2.45) is 0 Å². The molecule has 2 rings (SSSR count). The number of carbonyl (C=O) groups excluding carboxylic acids is 2. The number of rotatable bonds is 3. The van der Waals surface area contributed by atoms with Crippen LogP contribution in [0.2, 0.25) is 0 Å². The number of hydrogen-bond acceptors (Lipinski definition) is 4. The van der Waals surface area contributed by atoms with E-state index in [0.29, 0.717) is 26.2 Å². The Hall–Kier alpha value is -1.40. The molecule has 1 saturated heterocycles. The second-order valence-corrected chi connectivity index (χ2v) is 7.00. The van der Waals surface area contributed by atoms with E-state index in [0.717, 1.165) is 4.88 Å². The second-order valence-electron chi connectivity index (χ2n) is 6.05. The molecule has 0 radical (unpaired) electrons. The Balaban J connectivity index is 1.80. The van der Waals surface area contributed by atoms with Crippen LogP contribution in [0.4, 0.5) is 0 Å². The summed E-state index contributed by atoms with van der Waals surface area (Å²) >= 11 is 1.45. The minimum Gasteiger partial charge on any atom is -0.366 e. The second kappa shape index (κ2) is 6.58. The third-order valence-corrected chi connectivity index (χ3v) is 4.14. The quantitative estimate of drug-likeness (QED) is 0.856. The molecule has 2 amide bonds. The lowest BCUT2D eigenvalue weighted by atomic mass is 10.2. The van der Waals surface area contributed by atoms with Crippen molar-refractivity contribution in [2.45, 2.75) is 26.4 Å². The summed E-state index contributed by atoms with van der Waals surface area (Å²) in [7, 11) is 0. The molecule has 0 saturated carbocycles. The van der Waals surface area contributed by atoms with Crippen molar-refractivity contribution >= 4 is 23.2 Å². The molecule has 0 spiro atoms. The summed E-state index contributed by atoms with van der Waals surface area (Å²) < 4.78 is 5.51. The Kier molecular flexibility index (Phi) is 5.00. The van der Waals surface area contributed by atoms with Crippen molar-refractivity contribution in [1.29, 1.82) is 0 Å². The summed E-state index contributed by atoms with van der Waals surface area (Å²) in [4.78, 5) is 28.6. The number of amides is 2. The summed E-state index contributed by atoms with van der Waals surface area (Å²) in [5.41, 5.74) is -0.313. The molecule has 0 unspecified atom stereocenters. The van der Waals surface area contributed by atoms with Crippen LogP contribution in [0.25, 0.3) is 0 Å². The van der Waals surface area contributed by atoms with Gasteiger partial charge in [0.2, 0.25) is 5.91 Å². The van der Waals surface area contributed by atoms with Gasteiger partial charge in [-0.1, -0.05) is 6.07 Å². The van der Waals surface area contributed by atoms with Crippen molar-refractivity contribution in [3.05, 3.63) is 22.4 Å². The van der Waals surface area contributed by atoms with Crippen molar-refractivity contribution < 1.29 is 14.3 Å². The number of hydrogen-bond donors (Lipinski definition) is 0. The van der Waals surface area contributed by atoms with Crippen molar-refractivity contribution in [3.8, 4) is 0 Å². The monoisotopic (exact) mass is 310 g/mol. The van der Waals surface area contributed by atoms with Crippen LogP contribution in [-0.4, -0.2) is 60.0 Å². The SMILES string of the molecule is CC(C)(C)OCC(=O)N1CCN(C(=O)c2cccs2)CC1. The molecule has 21 heavy (non-hydrogen) atoms. The largest absolute Gasteiger partial charge is 0.366 e. The molecule has 6 heteroatoms. The average Bonchev–Trinajstić information content (AvgIpc) is 2.97. The van der Waals surface area contributed by atoms with Gasteiger partial charge >= 0.3 is 0 Å². The number of nitrogens with zero attached hydrogens (tertiary/aromatic N) is 2. The lowest BCUT2D eigenvalue weighted by molar-refractivity contribution is -0.142. The highest BCUT2D eigenvalue weighted by atomic mass is 32.1. The van der Waals surface area contributed by atoms with E-state index in [4.69, 9.17) is 4.74 Å². The van der Waals surface area contributed by atoms with Crippen molar-refractivity contribution in [1.82, 2.24) is 9.80 Å². The van der Waals surface area contributed by atoms with Gasteiger partial charge in [0.25, 0.3) is 5.91 Å². The molecule has 2 heterocycles. The van der Waals surface area contributed by atoms with Gasteiger partial charge in [-0.25, -0.2) is 0 Å². The molecule has 1 aromatic rings. The summed E-state index contributed by atoms with van der Waals surface area (Å²) in [5, 5.41) is 1.90. The first-order chi connectivity index (χ1) is 9.87. The molecule has 1 aromatic heterocycles. The predicted octanol–water partition coefficient (Wildman–Crippen LogP) is 1.85. The fraction of sp³-hybridized carbons (Fsp3) is 0.600. The van der Waals surface area contributed by atoms with Crippen LogP contribution in [0.3, 0.4) is 0 Å². The molecule has 1 aliphatic heterocycles. The minimum absolute atomic E-state index is 0.00634. The van der Waals surface area contributed by atoms with E-state index in [1.807, 2.05) is 38.3 Å². The molecule has 116 valence electrons. The van der Waals surface area contributed by atoms with Crippen LogP contribution in [0.15, 0.2) is 17.5 Å². The van der Waals surface area contributed by atoms with Crippen LogP contribution < -0.4 is 0 Å². The van der Waals surface area contributed by atoms with Gasteiger partial charge in [-0.2, -0.15) is 0 Å². The lowest BCUT2D eigenvalue weighted by Crippen LogP contribution is -2.51. The lowest BCUT2D eigenvalue weighted by Gasteiger charge is -2.35. The summed E-state index contributed by atoms with van der Waals surface area (Å²) in [5.74, 6) is 0.0520. The van der Waals surface area contributed by atoms with Gasteiger partial charge in [0, 0.05) is 26.2 Å². The molecule has 5 nitrogen and oxygen atoms in total. The topological polar surface area (TPSA) is 49.9 Å². The maximum absolute atomic E-state index is 12.2. The van der Waals surface area contributed by atoms with E-state index in [-0.39, 0.29) is 24.0 Å². The molecular formula is C15H22N2O3S. The summed E-state index contributed by atoms with van der Waals surface area (Å²) in [6.07, 6.45) is 0. The molecule has 0 atom stereocenters. The number of carbonyl (C=O) groups is 2. The van der Waals surface area contributed by atoms with Crippen LogP contribution in [0, 0.1) is 0 Å². The van der Waals surface area contributed by atoms with Gasteiger partial charge in [0.1, 0.15) is 6.61 Å². The maximum atomic E-state index is 12.2. The fourth-order valence-electron chi connectivity index (χ4n) is 2.08. The van der Waals surface area contributed by atoms with Gasteiger partial charge in [-0.05, 0) is 32.2 Å². The number of ether oxygens (including phenoxy) is 1. The zero-order valence-electron chi connectivity index (χ0n) is 12.8. The molecule has 1 fully saturated rings. The standard InChI is InChI=1S/C15H22N2O3S/c1-15(2,3)20-11-13(18)16-6-8-17(9-7-16)14(19)12-5-4-10-21-12/h4-5,10H,6-9,11H2,1-3H3. The Morgan fingerprint density at radius 2 is 1.81 bits per heavy atom. The normalized spacial score (nSPS) is 16.1. The highest BCUT2D eigenvalue weighted by molar-refractivity contribution is 7.12. The third kappa shape index (κ3) is 4.54. The van der Waals surface area contributed by atoms with Gasteiger partial charge in [0.05, 0.1) is 10.5 Å². The number of thiophene rings is 1. The Labute approximate surface area is 129 Å². The highest BCUT2D eigenvalue weighted by Gasteiger charge is 2.26. The van der Waals surface area contributed by atoms with Gasteiger partial charge in [-0.15, -0.1) is 11.3 Å². The smallest absolute Gasteiger partial charge is 0.264 e. The highest BCUT2D eigenvalue weighted by Crippen LogP contribution is 2.14. The van der Waals surface area contributed by atoms with Gasteiger partial charge < -0.3 is 14.5 Å². The van der Waals surface area contributed by atoms with E-state index in [1.54, 1.807) is 9.80 Å². The zero-order chi connectivity index (χ0) is 15.5. The molecule has 0 aliphatic carbocycles. The molecule has 0 bridgehead atoms. The van der Waals surface area contributed by atoms with E-state index in [9.17, 15) is 9.59 Å². The predicted molar refractivity (Wildman–Crippen MR) is 82.5 cm³/mol. The van der Waals surface area contributed by atoms with Gasteiger partial charge in [0.15, 0.2) is 0 Å². The van der Waals surface area contributed by atoms with Crippen molar-refractivity contribution in [3.63, 3.8) is 0 Å². The molecule has 0 aromatic carbocycles. The maximum Gasteiger partial charge on any atom is 0.264 e. The van der Waals surface area contributed by atoms with E-state index in [1.165, 1.54) is 11.3 Å². The third-order valence-electron chi connectivity index (χ3n) is 3.28. The van der Waals surface area contributed by atoms with Gasteiger partial charge in [-0.3, -0.25) is 9.59 Å². The van der Waals surface area contributed by atoms with Crippen LogP contribution in [0.1, 0.15) is 30.4 Å². The molecular weight excluding hydrogens is 288 g/mol. The minimum atomic E-state index is -0.313. The Morgan fingerprint density at radius 1 is 1.19 bits per heavy atom. The number of piperazine rings is 1. The Bertz CT molecular complexity index is 486. The first-order valence-corrected chi connectivity index (χ1v) is 7.99. The summed E-state index contributed by atoms with van der Waals surface area (Å²) in [6.45, 7) is 8.19. The van der Waals surface area contributed by atoms with Crippen LogP contribution in [-0.2, 0) is 9.53 Å². The van der Waals surface area contributed by atoms with Crippen LogP contribution in [0.5, 0.6) is 0 Å². The molecule has 0 N–H and O–H groups in total. The first kappa shape index (κ1) is 16.0. The fourth-order valence-corrected chi connectivity index (χ4v) is 2.78. The molecule has 1 aliphatic rings. The Morgan fingerprint density at radius 3 is 2.33 bits per heavy atom. The first-order valence-electron chi connectivity index (χ1n) is 7.11. The van der Waals surface area contributed by atoms with E-state index < -0.39 is 0 Å².